The number of fused-ring (bicyclic) bond motifs is 5. The van der Waals surface area contributed by atoms with Crippen LogP contribution in [0.25, 0.3) is 0 Å². The van der Waals surface area contributed by atoms with Gasteiger partial charge in [0.25, 0.3) is 0 Å². The van der Waals surface area contributed by atoms with Crippen LogP contribution in [0.3, 0.4) is 0 Å². The second-order valence-corrected chi connectivity index (χ2v) is 3.91. The first-order valence-corrected chi connectivity index (χ1v) is 4.15. The molecule has 3 aliphatic rings. The summed E-state index contributed by atoms with van der Waals surface area (Å²) in [6.07, 6.45) is 2.75. The molecule has 5 unspecified atom stereocenters. The number of carboxylic acids is 1. The number of rotatable bonds is 1. The molecule has 3 fully saturated rings. The quantitative estimate of drug-likeness (QED) is 0.562. The molecule has 2 saturated carbocycles. The molecule has 3 rings (SSSR count). The smallest absolute Gasteiger partial charge is 0.306 e. The second kappa shape index (κ2) is 2.64. The van der Waals surface area contributed by atoms with Gasteiger partial charge in [0.2, 0.25) is 0 Å². The van der Waals surface area contributed by atoms with Crippen LogP contribution in [0, 0.1) is 17.8 Å². The van der Waals surface area contributed by atoms with Crippen molar-refractivity contribution in [2.45, 2.75) is 25.0 Å². The topological polar surface area (TPSA) is 49.8 Å². The molecule has 5 atom stereocenters. The minimum atomic E-state index is -0.619. The van der Waals surface area contributed by atoms with Gasteiger partial charge in [-0.3, -0.25) is 4.79 Å². The fraction of sp³-hybridized carbons (Fsp3) is 0.875. The van der Waals surface area contributed by atoms with Crippen LogP contribution >= 0.6 is 0 Å². The maximum Gasteiger partial charge on any atom is 0.306 e. The predicted octanol–water partition coefficient (Wildman–Crippen LogP) is 0.492. The SMILES string of the molecule is O=C(O)C1CC2CC1C1OC21.[Hf]. The van der Waals surface area contributed by atoms with Crippen molar-refractivity contribution in [3.05, 3.63) is 0 Å². The van der Waals surface area contributed by atoms with Gasteiger partial charge in [-0.2, -0.15) is 0 Å². The molecule has 0 spiro atoms. The largest absolute Gasteiger partial charge is 0.481 e. The maximum atomic E-state index is 10.7. The van der Waals surface area contributed by atoms with E-state index in [2.05, 4.69) is 0 Å². The van der Waals surface area contributed by atoms with Gasteiger partial charge < -0.3 is 9.84 Å². The Labute approximate surface area is 89.3 Å². The van der Waals surface area contributed by atoms with E-state index < -0.39 is 5.97 Å². The number of aliphatic carboxylic acids is 1. The van der Waals surface area contributed by atoms with Gasteiger partial charge in [-0.25, -0.2) is 0 Å². The Morgan fingerprint density at radius 1 is 1.33 bits per heavy atom. The summed E-state index contributed by atoms with van der Waals surface area (Å²) < 4.78 is 5.36. The van der Waals surface area contributed by atoms with Crippen molar-refractivity contribution in [3.63, 3.8) is 0 Å². The van der Waals surface area contributed by atoms with Crippen LogP contribution < -0.4 is 0 Å². The third-order valence-electron chi connectivity index (χ3n) is 3.41. The molecule has 1 aliphatic heterocycles. The molecule has 0 aromatic rings. The van der Waals surface area contributed by atoms with Crippen LogP contribution in [-0.4, -0.2) is 23.3 Å². The molecule has 0 aromatic carbocycles. The standard InChI is InChI=1S/C8H10O3.Hf/c9-8(10)5-2-3-1-4(5)7-6(3)11-7;/h3-7H,1-2H2,(H,9,10);. The van der Waals surface area contributed by atoms with E-state index in [9.17, 15) is 4.79 Å². The van der Waals surface area contributed by atoms with Gasteiger partial charge in [0, 0.05) is 31.8 Å². The van der Waals surface area contributed by atoms with E-state index in [1.165, 1.54) is 0 Å². The van der Waals surface area contributed by atoms with Gasteiger partial charge in [0.05, 0.1) is 18.1 Å². The van der Waals surface area contributed by atoms with E-state index >= 15 is 0 Å². The first kappa shape index (κ1) is 8.88. The predicted molar refractivity (Wildman–Crippen MR) is 36.0 cm³/mol. The van der Waals surface area contributed by atoms with Crippen molar-refractivity contribution in [2.24, 2.45) is 17.8 Å². The molecule has 2 aliphatic carbocycles. The third-order valence-corrected chi connectivity index (χ3v) is 3.41. The van der Waals surface area contributed by atoms with Gasteiger partial charge in [0.15, 0.2) is 0 Å². The fourth-order valence-corrected chi connectivity index (χ4v) is 2.89. The van der Waals surface area contributed by atoms with Crippen LogP contribution in [0.1, 0.15) is 12.8 Å². The second-order valence-electron chi connectivity index (χ2n) is 3.91. The number of epoxide rings is 1. The summed E-state index contributed by atoms with van der Waals surface area (Å²) in [5.41, 5.74) is 0. The maximum absolute atomic E-state index is 10.7. The normalized spacial score (nSPS) is 52.8. The minimum Gasteiger partial charge on any atom is -0.481 e. The molecule has 0 radical (unpaired) electrons. The summed E-state index contributed by atoms with van der Waals surface area (Å²) in [5.74, 6) is 0.212. The number of carbonyl (C=O) groups is 1. The Balaban J connectivity index is 0.000000563. The zero-order valence-electron chi connectivity index (χ0n) is 6.56. The summed E-state index contributed by atoms with van der Waals surface area (Å²) in [6.45, 7) is 0. The Morgan fingerprint density at radius 2 is 2.08 bits per heavy atom. The van der Waals surface area contributed by atoms with Crippen LogP contribution in [0.2, 0.25) is 0 Å². The van der Waals surface area contributed by atoms with Crippen molar-refractivity contribution in [1.29, 1.82) is 0 Å². The van der Waals surface area contributed by atoms with Crippen LogP contribution in [-0.2, 0) is 35.4 Å². The Bertz CT molecular complexity index is 230. The average Bonchev–Trinajstić information content (AvgIpc) is 2.57. The van der Waals surface area contributed by atoms with Crippen LogP contribution in [0.5, 0.6) is 0 Å². The Hall–Kier alpha value is 0.300. The van der Waals surface area contributed by atoms with Crippen molar-refractivity contribution >= 4 is 5.97 Å². The van der Waals surface area contributed by atoms with Crippen LogP contribution in [0.15, 0.2) is 0 Å². The number of hydrogen-bond donors (Lipinski definition) is 1. The van der Waals surface area contributed by atoms with Gasteiger partial charge in [0.1, 0.15) is 0 Å². The Morgan fingerprint density at radius 3 is 2.58 bits per heavy atom. The van der Waals surface area contributed by atoms with E-state index in [1.807, 2.05) is 0 Å². The van der Waals surface area contributed by atoms with Gasteiger partial charge in [-0.1, -0.05) is 0 Å². The van der Waals surface area contributed by atoms with E-state index in [0.29, 0.717) is 24.0 Å². The van der Waals surface area contributed by atoms with E-state index in [1.54, 1.807) is 0 Å². The first-order valence-electron chi connectivity index (χ1n) is 4.15. The zero-order chi connectivity index (χ0) is 7.59. The molecule has 4 heteroatoms. The molecular formula is C8H10HfO3. The molecule has 1 N–H and O–H groups in total. The first-order chi connectivity index (χ1) is 5.27. The molecule has 0 aromatic heterocycles. The summed E-state index contributed by atoms with van der Waals surface area (Å²) in [6, 6.07) is 0. The molecule has 3 nitrogen and oxygen atoms in total. The minimum absolute atomic E-state index is 0. The van der Waals surface area contributed by atoms with E-state index in [4.69, 9.17) is 9.84 Å². The van der Waals surface area contributed by atoms with Gasteiger partial charge >= 0.3 is 5.97 Å². The molecule has 1 saturated heterocycles. The van der Waals surface area contributed by atoms with Crippen molar-refractivity contribution in [1.82, 2.24) is 0 Å². The van der Waals surface area contributed by atoms with Crippen molar-refractivity contribution in [3.8, 4) is 0 Å². The summed E-state index contributed by atoms with van der Waals surface area (Å²) >= 11 is 0. The van der Waals surface area contributed by atoms with Gasteiger partial charge in [-0.05, 0) is 18.8 Å². The van der Waals surface area contributed by atoms with Crippen molar-refractivity contribution < 1.29 is 40.5 Å². The molecule has 2 bridgehead atoms. The molecule has 1 heterocycles. The summed E-state index contributed by atoms with van der Waals surface area (Å²) in [5, 5.41) is 8.82. The number of carboxylic acid groups (broad SMARTS) is 1. The number of ether oxygens (including phenoxy) is 1. The molecule has 64 valence electrons. The van der Waals surface area contributed by atoms with Gasteiger partial charge in [-0.15, -0.1) is 0 Å². The van der Waals surface area contributed by atoms with Crippen molar-refractivity contribution in [2.75, 3.05) is 0 Å². The zero-order valence-corrected chi connectivity index (χ0v) is 10.2. The molecule has 0 amide bonds. The summed E-state index contributed by atoms with van der Waals surface area (Å²) in [4.78, 5) is 10.7. The molecular weight excluding hydrogens is 323 g/mol. The monoisotopic (exact) mass is 334 g/mol. The molecule has 12 heavy (non-hydrogen) atoms. The van der Waals surface area contributed by atoms with E-state index in [0.717, 1.165) is 12.8 Å². The van der Waals surface area contributed by atoms with Crippen LogP contribution in [0.4, 0.5) is 0 Å². The Kier molecular flexibility index (Phi) is 1.96. The average molecular weight is 333 g/mol. The van der Waals surface area contributed by atoms with E-state index in [-0.39, 0.29) is 31.8 Å². The summed E-state index contributed by atoms with van der Waals surface area (Å²) in [7, 11) is 0. The fourth-order valence-electron chi connectivity index (χ4n) is 2.89. The number of hydrogen-bond acceptors (Lipinski definition) is 2. The third kappa shape index (κ3) is 0.970.